The Balaban J connectivity index is 3.38. The lowest BCUT2D eigenvalue weighted by atomic mass is 10.2. The molecule has 0 unspecified atom stereocenters. The number of halogens is 1. The lowest BCUT2D eigenvalue weighted by molar-refractivity contribution is 0.279. The van der Waals surface area contributed by atoms with Gasteiger partial charge >= 0.3 is 0 Å². The first kappa shape index (κ1) is 19.5. The number of hydrogen-bond donors (Lipinski definition) is 1. The Morgan fingerprint density at radius 1 is 1.00 bits per heavy atom. The summed E-state index contributed by atoms with van der Waals surface area (Å²) < 4.78 is 13.0. The molecule has 1 N–H and O–H groups in total. The standard InChI is InChI=1S/C17H29BrO3Si/c1-11(2)22(12(3)4,13(5)6)21-17-9-15(18)14(10-19)8-16(17)20-7/h8-9,11-13,19H,10H2,1-7H3. The summed E-state index contributed by atoms with van der Waals surface area (Å²) in [6.45, 7) is 13.5. The van der Waals surface area contributed by atoms with E-state index in [0.29, 0.717) is 22.4 Å². The van der Waals surface area contributed by atoms with E-state index in [2.05, 4.69) is 57.5 Å². The molecule has 0 amide bonds. The van der Waals surface area contributed by atoms with Crippen molar-refractivity contribution < 1.29 is 14.3 Å². The van der Waals surface area contributed by atoms with E-state index < -0.39 is 8.32 Å². The molecule has 0 aliphatic carbocycles. The zero-order valence-corrected chi connectivity index (χ0v) is 17.3. The molecule has 126 valence electrons. The highest BCUT2D eigenvalue weighted by Gasteiger charge is 2.47. The summed E-state index contributed by atoms with van der Waals surface area (Å²) in [6, 6.07) is 3.78. The van der Waals surface area contributed by atoms with Crippen molar-refractivity contribution in [2.45, 2.75) is 64.8 Å². The van der Waals surface area contributed by atoms with Crippen LogP contribution >= 0.6 is 15.9 Å². The SMILES string of the molecule is COc1cc(CO)c(Br)cc1O[Si](C(C)C)(C(C)C)C(C)C. The van der Waals surface area contributed by atoms with Crippen molar-refractivity contribution >= 4 is 24.2 Å². The van der Waals surface area contributed by atoms with Crippen molar-refractivity contribution in [3.05, 3.63) is 22.2 Å². The van der Waals surface area contributed by atoms with E-state index in [1.54, 1.807) is 7.11 Å². The van der Waals surface area contributed by atoms with Crippen LogP contribution < -0.4 is 9.16 Å². The van der Waals surface area contributed by atoms with E-state index in [1.807, 2.05) is 12.1 Å². The second-order valence-corrected chi connectivity index (χ2v) is 12.9. The zero-order valence-electron chi connectivity index (χ0n) is 14.7. The quantitative estimate of drug-likeness (QED) is 0.626. The van der Waals surface area contributed by atoms with E-state index in [1.165, 1.54) is 0 Å². The summed E-state index contributed by atoms with van der Waals surface area (Å²) in [6.07, 6.45) is 0. The Morgan fingerprint density at radius 3 is 1.86 bits per heavy atom. The molecule has 0 radical (unpaired) electrons. The molecule has 1 aromatic carbocycles. The molecule has 0 fully saturated rings. The Morgan fingerprint density at radius 2 is 1.50 bits per heavy atom. The van der Waals surface area contributed by atoms with Crippen molar-refractivity contribution in [1.29, 1.82) is 0 Å². The fourth-order valence-electron chi connectivity index (χ4n) is 3.48. The van der Waals surface area contributed by atoms with Gasteiger partial charge in [-0.25, -0.2) is 0 Å². The number of aliphatic hydroxyl groups is 1. The van der Waals surface area contributed by atoms with Gasteiger partial charge in [0.25, 0.3) is 8.32 Å². The maximum Gasteiger partial charge on any atom is 0.258 e. The topological polar surface area (TPSA) is 38.7 Å². The number of hydrogen-bond acceptors (Lipinski definition) is 3. The van der Waals surface area contributed by atoms with Gasteiger partial charge < -0.3 is 14.3 Å². The van der Waals surface area contributed by atoms with Crippen LogP contribution in [-0.4, -0.2) is 20.5 Å². The smallest absolute Gasteiger partial charge is 0.258 e. The van der Waals surface area contributed by atoms with E-state index >= 15 is 0 Å². The molecular weight excluding hydrogens is 360 g/mol. The highest BCUT2D eigenvalue weighted by Crippen LogP contribution is 2.45. The summed E-state index contributed by atoms with van der Waals surface area (Å²) in [5.41, 5.74) is 2.28. The number of ether oxygens (including phenoxy) is 1. The first-order valence-electron chi connectivity index (χ1n) is 7.86. The van der Waals surface area contributed by atoms with Crippen LogP contribution in [0.2, 0.25) is 16.6 Å². The number of methoxy groups -OCH3 is 1. The Kier molecular flexibility index (Phi) is 6.96. The molecule has 0 saturated carbocycles. The highest BCUT2D eigenvalue weighted by atomic mass is 79.9. The van der Waals surface area contributed by atoms with Gasteiger partial charge in [-0.3, -0.25) is 0 Å². The maximum atomic E-state index is 9.41. The number of aliphatic hydroxyl groups excluding tert-OH is 1. The minimum absolute atomic E-state index is 0.0294. The predicted molar refractivity (Wildman–Crippen MR) is 98.3 cm³/mol. The van der Waals surface area contributed by atoms with Gasteiger partial charge in [-0.1, -0.05) is 57.5 Å². The van der Waals surface area contributed by atoms with Gasteiger partial charge in [0.15, 0.2) is 5.75 Å². The zero-order chi connectivity index (χ0) is 17.1. The van der Waals surface area contributed by atoms with Gasteiger partial charge in [-0.05, 0) is 34.3 Å². The van der Waals surface area contributed by atoms with Crippen LogP contribution in [0, 0.1) is 0 Å². The third-order valence-electron chi connectivity index (χ3n) is 4.50. The minimum atomic E-state index is -2.03. The van der Waals surface area contributed by atoms with Gasteiger partial charge in [0, 0.05) is 4.47 Å². The second kappa shape index (κ2) is 7.84. The first-order chi connectivity index (χ1) is 10.2. The second-order valence-electron chi connectivity index (χ2n) is 6.67. The summed E-state index contributed by atoms with van der Waals surface area (Å²) in [5, 5.41) is 9.41. The average Bonchev–Trinajstić information content (AvgIpc) is 2.43. The molecule has 0 aromatic heterocycles. The number of benzene rings is 1. The highest BCUT2D eigenvalue weighted by molar-refractivity contribution is 9.10. The van der Waals surface area contributed by atoms with Gasteiger partial charge in [-0.15, -0.1) is 0 Å². The molecule has 0 aliphatic heterocycles. The Labute approximate surface area is 144 Å². The molecule has 0 heterocycles. The van der Waals surface area contributed by atoms with Gasteiger partial charge in [0.1, 0.15) is 5.75 Å². The molecule has 5 heteroatoms. The molecule has 0 atom stereocenters. The predicted octanol–water partition coefficient (Wildman–Crippen LogP) is 5.50. The third kappa shape index (κ3) is 3.69. The van der Waals surface area contributed by atoms with Crippen LogP contribution in [0.15, 0.2) is 16.6 Å². The molecule has 0 bridgehead atoms. The Hall–Kier alpha value is -0.523. The van der Waals surface area contributed by atoms with E-state index in [0.717, 1.165) is 15.8 Å². The molecule has 0 aliphatic rings. The van der Waals surface area contributed by atoms with Crippen LogP contribution in [0.4, 0.5) is 0 Å². The summed E-state index contributed by atoms with van der Waals surface area (Å²) in [5.74, 6) is 1.46. The van der Waals surface area contributed by atoms with Crippen LogP contribution in [0.5, 0.6) is 11.5 Å². The van der Waals surface area contributed by atoms with E-state index in [9.17, 15) is 5.11 Å². The molecular formula is C17H29BrO3Si. The monoisotopic (exact) mass is 388 g/mol. The lowest BCUT2D eigenvalue weighted by Gasteiger charge is -2.42. The molecule has 0 spiro atoms. The van der Waals surface area contributed by atoms with Crippen LogP contribution in [0.3, 0.4) is 0 Å². The third-order valence-corrected chi connectivity index (χ3v) is 11.2. The van der Waals surface area contributed by atoms with E-state index in [-0.39, 0.29) is 6.61 Å². The van der Waals surface area contributed by atoms with Crippen molar-refractivity contribution in [3.63, 3.8) is 0 Å². The lowest BCUT2D eigenvalue weighted by Crippen LogP contribution is -2.50. The largest absolute Gasteiger partial charge is 0.540 e. The van der Waals surface area contributed by atoms with Gasteiger partial charge in [0.2, 0.25) is 0 Å². The van der Waals surface area contributed by atoms with Crippen LogP contribution in [-0.2, 0) is 6.61 Å². The average molecular weight is 389 g/mol. The first-order valence-corrected chi connectivity index (χ1v) is 10.8. The molecule has 0 saturated heterocycles. The molecule has 22 heavy (non-hydrogen) atoms. The van der Waals surface area contributed by atoms with E-state index in [4.69, 9.17) is 9.16 Å². The number of rotatable bonds is 7. The summed E-state index contributed by atoms with van der Waals surface area (Å²) >= 11 is 3.51. The van der Waals surface area contributed by atoms with Crippen molar-refractivity contribution in [3.8, 4) is 11.5 Å². The van der Waals surface area contributed by atoms with Crippen LogP contribution in [0.25, 0.3) is 0 Å². The molecule has 1 rings (SSSR count). The minimum Gasteiger partial charge on any atom is -0.540 e. The Bertz CT molecular complexity index is 479. The molecule has 1 aromatic rings. The van der Waals surface area contributed by atoms with Crippen molar-refractivity contribution in [2.75, 3.05) is 7.11 Å². The van der Waals surface area contributed by atoms with Crippen LogP contribution in [0.1, 0.15) is 47.1 Å². The summed E-state index contributed by atoms with van der Waals surface area (Å²) in [4.78, 5) is 0. The fraction of sp³-hybridized carbons (Fsp3) is 0.647. The van der Waals surface area contributed by atoms with Gasteiger partial charge in [-0.2, -0.15) is 0 Å². The molecule has 3 nitrogen and oxygen atoms in total. The summed E-state index contributed by atoms with van der Waals surface area (Å²) in [7, 11) is -0.390. The maximum absolute atomic E-state index is 9.41. The van der Waals surface area contributed by atoms with Crippen molar-refractivity contribution in [1.82, 2.24) is 0 Å². The van der Waals surface area contributed by atoms with Gasteiger partial charge in [0.05, 0.1) is 13.7 Å². The fourth-order valence-corrected chi connectivity index (χ4v) is 9.18. The van der Waals surface area contributed by atoms with Crippen molar-refractivity contribution in [2.24, 2.45) is 0 Å². The normalized spacial score (nSPS) is 12.4.